The molecule has 0 saturated heterocycles. The molecule has 0 bridgehead atoms. The van der Waals surface area contributed by atoms with Crippen LogP contribution in [0, 0.1) is 27.2 Å². The van der Waals surface area contributed by atoms with Crippen LogP contribution in [0.3, 0.4) is 0 Å². The number of benzene rings is 3. The Balaban J connectivity index is 2.18. The maximum absolute atomic E-state index is 12.5. The molecule has 0 N–H and O–H groups in total. The second kappa shape index (κ2) is 6.89. The molecule has 26 heavy (non-hydrogen) atoms. The summed E-state index contributed by atoms with van der Waals surface area (Å²) in [6, 6.07) is 13.5. The van der Waals surface area contributed by atoms with E-state index >= 15 is 0 Å². The van der Waals surface area contributed by atoms with Crippen LogP contribution in [0.1, 0.15) is 5.56 Å². The van der Waals surface area contributed by atoms with Crippen LogP contribution in [-0.2, 0) is 11.1 Å². The van der Waals surface area contributed by atoms with Gasteiger partial charge in [0, 0.05) is 5.39 Å². The van der Waals surface area contributed by atoms with Gasteiger partial charge < -0.3 is 4.18 Å². The standard InChI is InChI=1S/C17H12N2O6S/c1-11-6-8-12(9-7-11)26(24)25-17-14-5-3-2-4-13(14)15(18(20)21)10-16(17)19(22)23/h2-10H,1H3. The molecule has 3 rings (SSSR count). The SMILES string of the molecule is Cc1ccc(S(=O)Oc2c([N+](=O)[O-])cc([N+](=O)[O-])c3ccccc23)cc1. The molecule has 0 radical (unpaired) electrons. The molecule has 0 saturated carbocycles. The lowest BCUT2D eigenvalue weighted by atomic mass is 10.1. The number of non-ortho nitro benzene ring substituents is 1. The average molecular weight is 372 g/mol. The zero-order valence-corrected chi connectivity index (χ0v) is 14.3. The maximum Gasteiger partial charge on any atom is 0.320 e. The lowest BCUT2D eigenvalue weighted by molar-refractivity contribution is -0.393. The fourth-order valence-corrected chi connectivity index (χ4v) is 3.24. The summed E-state index contributed by atoms with van der Waals surface area (Å²) in [6.45, 7) is 1.86. The third kappa shape index (κ3) is 3.24. The smallest absolute Gasteiger partial charge is 0.320 e. The molecule has 3 aromatic rings. The van der Waals surface area contributed by atoms with E-state index in [2.05, 4.69) is 0 Å². The summed E-state index contributed by atoms with van der Waals surface area (Å²) in [4.78, 5) is 21.5. The van der Waals surface area contributed by atoms with E-state index in [0.717, 1.165) is 11.6 Å². The Morgan fingerprint density at radius 1 is 0.885 bits per heavy atom. The topological polar surface area (TPSA) is 113 Å². The van der Waals surface area contributed by atoms with Gasteiger partial charge in [-0.15, -0.1) is 0 Å². The molecule has 8 nitrogen and oxygen atoms in total. The molecule has 1 unspecified atom stereocenters. The highest BCUT2D eigenvalue weighted by molar-refractivity contribution is 7.80. The maximum atomic E-state index is 12.5. The van der Waals surface area contributed by atoms with Gasteiger partial charge in [0.05, 0.1) is 26.2 Å². The Kier molecular flexibility index (Phi) is 4.63. The van der Waals surface area contributed by atoms with Crippen molar-refractivity contribution in [3.8, 4) is 5.75 Å². The Bertz CT molecular complexity index is 1050. The van der Waals surface area contributed by atoms with Gasteiger partial charge in [-0.1, -0.05) is 35.9 Å². The predicted octanol–water partition coefficient (Wildman–Crippen LogP) is 4.07. The lowest BCUT2D eigenvalue weighted by Gasteiger charge is -2.09. The van der Waals surface area contributed by atoms with E-state index in [0.29, 0.717) is 4.90 Å². The van der Waals surface area contributed by atoms with E-state index in [-0.39, 0.29) is 16.5 Å². The van der Waals surface area contributed by atoms with Gasteiger partial charge in [-0.25, -0.2) is 4.21 Å². The van der Waals surface area contributed by atoms with Crippen molar-refractivity contribution in [3.63, 3.8) is 0 Å². The number of nitro groups is 2. The van der Waals surface area contributed by atoms with Crippen molar-refractivity contribution in [2.45, 2.75) is 11.8 Å². The normalized spacial score (nSPS) is 11.9. The summed E-state index contributed by atoms with van der Waals surface area (Å²) in [5.74, 6) is -0.268. The zero-order chi connectivity index (χ0) is 18.8. The third-order valence-corrected chi connectivity index (χ3v) is 4.69. The van der Waals surface area contributed by atoms with Gasteiger partial charge in [-0.05, 0) is 25.1 Å². The number of rotatable bonds is 5. The van der Waals surface area contributed by atoms with Gasteiger partial charge in [-0.2, -0.15) is 0 Å². The molecular formula is C17H12N2O6S. The summed E-state index contributed by atoms with van der Waals surface area (Å²) in [7, 11) is 0. The first-order valence-corrected chi connectivity index (χ1v) is 8.47. The number of fused-ring (bicyclic) bond motifs is 1. The molecule has 0 heterocycles. The Morgan fingerprint density at radius 3 is 2.04 bits per heavy atom. The van der Waals surface area contributed by atoms with Gasteiger partial charge in [0.1, 0.15) is 0 Å². The van der Waals surface area contributed by atoms with Crippen molar-refractivity contribution < 1.29 is 18.2 Å². The summed E-state index contributed by atoms with van der Waals surface area (Å²) < 4.78 is 17.9. The van der Waals surface area contributed by atoms with Crippen LogP contribution >= 0.6 is 0 Å². The van der Waals surface area contributed by atoms with Crippen molar-refractivity contribution in [1.82, 2.24) is 0 Å². The van der Waals surface area contributed by atoms with Gasteiger partial charge in [0.25, 0.3) is 5.69 Å². The third-order valence-electron chi connectivity index (χ3n) is 3.72. The van der Waals surface area contributed by atoms with Crippen molar-refractivity contribution in [1.29, 1.82) is 0 Å². The lowest BCUT2D eigenvalue weighted by Crippen LogP contribution is -2.05. The van der Waals surface area contributed by atoms with Crippen LogP contribution in [0.25, 0.3) is 10.8 Å². The first-order chi connectivity index (χ1) is 12.4. The minimum atomic E-state index is -2.02. The Hall–Kier alpha value is -3.33. The Labute approximate surface area is 150 Å². The van der Waals surface area contributed by atoms with Gasteiger partial charge >= 0.3 is 5.69 Å². The highest BCUT2D eigenvalue weighted by Crippen LogP contribution is 2.41. The summed E-state index contributed by atoms with van der Waals surface area (Å²) >= 11 is -2.02. The molecule has 0 spiro atoms. The van der Waals surface area contributed by atoms with Crippen LogP contribution in [0.2, 0.25) is 0 Å². The first kappa shape index (κ1) is 17.5. The molecule has 132 valence electrons. The predicted molar refractivity (Wildman–Crippen MR) is 95.5 cm³/mol. The average Bonchev–Trinajstić information content (AvgIpc) is 2.61. The molecule has 0 aliphatic rings. The van der Waals surface area contributed by atoms with Crippen molar-refractivity contribution >= 4 is 33.2 Å². The molecule has 0 aromatic heterocycles. The highest BCUT2D eigenvalue weighted by atomic mass is 32.2. The van der Waals surface area contributed by atoms with Gasteiger partial charge in [0.2, 0.25) is 16.8 Å². The van der Waals surface area contributed by atoms with Gasteiger partial charge in [0.15, 0.2) is 0 Å². The number of hydrogen-bond donors (Lipinski definition) is 0. The van der Waals surface area contributed by atoms with E-state index in [9.17, 15) is 24.4 Å². The van der Waals surface area contributed by atoms with Crippen molar-refractivity contribution in [2.24, 2.45) is 0 Å². The molecule has 0 amide bonds. The van der Waals surface area contributed by atoms with Crippen LogP contribution < -0.4 is 4.18 Å². The summed E-state index contributed by atoms with van der Waals surface area (Å²) in [5, 5.41) is 23.0. The molecule has 9 heteroatoms. The van der Waals surface area contributed by atoms with E-state index in [4.69, 9.17) is 4.18 Å². The molecular weight excluding hydrogens is 360 g/mol. The van der Waals surface area contributed by atoms with E-state index < -0.39 is 32.3 Å². The van der Waals surface area contributed by atoms with E-state index in [1.807, 2.05) is 6.92 Å². The number of hydrogen-bond acceptors (Lipinski definition) is 6. The minimum Gasteiger partial charge on any atom is -0.389 e. The highest BCUT2D eigenvalue weighted by Gasteiger charge is 2.28. The fraction of sp³-hybridized carbons (Fsp3) is 0.0588. The molecule has 0 aliphatic heterocycles. The van der Waals surface area contributed by atoms with Crippen LogP contribution in [-0.4, -0.2) is 14.1 Å². The summed E-state index contributed by atoms with van der Waals surface area (Å²) in [6.07, 6.45) is 0. The number of aryl methyl sites for hydroxylation is 1. The van der Waals surface area contributed by atoms with Crippen LogP contribution in [0.4, 0.5) is 11.4 Å². The first-order valence-electron chi connectivity index (χ1n) is 7.40. The van der Waals surface area contributed by atoms with Crippen LogP contribution in [0.15, 0.2) is 59.5 Å². The second-order valence-corrected chi connectivity index (χ2v) is 6.54. The van der Waals surface area contributed by atoms with Gasteiger partial charge in [-0.3, -0.25) is 20.2 Å². The quantitative estimate of drug-likeness (QED) is 0.493. The molecule has 0 fully saturated rings. The van der Waals surface area contributed by atoms with E-state index in [1.165, 1.54) is 12.1 Å². The van der Waals surface area contributed by atoms with Crippen LogP contribution in [0.5, 0.6) is 5.75 Å². The second-order valence-electron chi connectivity index (χ2n) is 5.43. The number of nitrogens with zero attached hydrogens (tertiary/aromatic N) is 2. The molecule has 0 aliphatic carbocycles. The minimum absolute atomic E-state index is 0.147. The summed E-state index contributed by atoms with van der Waals surface area (Å²) in [5.41, 5.74) is -0.0749. The van der Waals surface area contributed by atoms with E-state index in [1.54, 1.807) is 36.4 Å². The largest absolute Gasteiger partial charge is 0.389 e. The number of nitro benzene ring substituents is 2. The zero-order valence-electron chi connectivity index (χ0n) is 13.4. The van der Waals surface area contributed by atoms with Crippen molar-refractivity contribution in [2.75, 3.05) is 0 Å². The Morgan fingerprint density at radius 2 is 1.46 bits per heavy atom. The monoisotopic (exact) mass is 372 g/mol. The molecule has 1 atom stereocenters. The fourth-order valence-electron chi connectivity index (χ4n) is 2.46. The molecule has 3 aromatic carbocycles. The van der Waals surface area contributed by atoms with Crippen molar-refractivity contribution in [3.05, 3.63) is 80.4 Å².